The third-order valence-electron chi connectivity index (χ3n) is 4.38. The molecular weight excluding hydrogens is 337 g/mol. The molecule has 0 saturated carbocycles. The standard InChI is InChI=1S/C19H17F2NO2.Mg/c20-15-7-5-14(6-8-15)19(24)22-11-9-13(10-12-22)18(23)16-3-1-2-4-17(16)21;/h1-8,13H,9-12H2;. The second-order valence-corrected chi connectivity index (χ2v) is 5.92. The fourth-order valence-corrected chi connectivity index (χ4v) is 3.00. The third kappa shape index (κ3) is 4.44. The average molecular weight is 354 g/mol. The molecule has 0 aromatic heterocycles. The number of hydrogen-bond acceptors (Lipinski definition) is 2. The molecule has 25 heavy (non-hydrogen) atoms. The molecule has 6 heteroatoms. The molecule has 0 N–H and O–H groups in total. The van der Waals surface area contributed by atoms with Crippen molar-refractivity contribution in [1.82, 2.24) is 4.90 Å². The van der Waals surface area contributed by atoms with E-state index in [-0.39, 0.29) is 52.0 Å². The van der Waals surface area contributed by atoms with Crippen molar-refractivity contribution in [2.24, 2.45) is 5.92 Å². The number of likely N-dealkylation sites (tertiary alicyclic amines) is 1. The molecule has 1 fully saturated rings. The van der Waals surface area contributed by atoms with Crippen LogP contribution in [0, 0.1) is 17.6 Å². The van der Waals surface area contributed by atoms with Crippen LogP contribution in [0.15, 0.2) is 48.5 Å². The quantitative estimate of drug-likeness (QED) is 0.627. The summed E-state index contributed by atoms with van der Waals surface area (Å²) in [5, 5.41) is 0. The van der Waals surface area contributed by atoms with Crippen LogP contribution in [0.3, 0.4) is 0 Å². The largest absolute Gasteiger partial charge is 0.339 e. The first-order valence-corrected chi connectivity index (χ1v) is 7.90. The Bertz CT molecular complexity index is 756. The Hall–Kier alpha value is -1.79. The highest BCUT2D eigenvalue weighted by Crippen LogP contribution is 2.24. The number of carbonyl (C=O) groups is 2. The van der Waals surface area contributed by atoms with E-state index in [9.17, 15) is 18.4 Å². The van der Waals surface area contributed by atoms with Gasteiger partial charge in [0.25, 0.3) is 5.91 Å². The van der Waals surface area contributed by atoms with E-state index in [1.165, 1.54) is 36.4 Å². The summed E-state index contributed by atoms with van der Waals surface area (Å²) in [4.78, 5) is 26.4. The lowest BCUT2D eigenvalue weighted by Crippen LogP contribution is -2.40. The molecule has 1 heterocycles. The van der Waals surface area contributed by atoms with E-state index in [2.05, 4.69) is 0 Å². The number of benzene rings is 2. The molecule has 126 valence electrons. The van der Waals surface area contributed by atoms with Gasteiger partial charge in [0.05, 0.1) is 5.56 Å². The number of carbonyl (C=O) groups excluding carboxylic acids is 2. The number of hydrogen-bond donors (Lipinski definition) is 0. The van der Waals surface area contributed by atoms with Crippen molar-refractivity contribution in [3.8, 4) is 0 Å². The summed E-state index contributed by atoms with van der Waals surface area (Å²) >= 11 is 0. The first-order valence-electron chi connectivity index (χ1n) is 7.90. The summed E-state index contributed by atoms with van der Waals surface area (Å²) < 4.78 is 26.7. The van der Waals surface area contributed by atoms with Crippen LogP contribution in [0.4, 0.5) is 8.78 Å². The smallest absolute Gasteiger partial charge is 0.253 e. The van der Waals surface area contributed by atoms with E-state index < -0.39 is 5.82 Å². The minimum atomic E-state index is -0.507. The van der Waals surface area contributed by atoms with Crippen molar-refractivity contribution in [2.45, 2.75) is 12.8 Å². The Balaban J connectivity index is 0.00000225. The molecule has 0 atom stereocenters. The molecule has 2 aromatic carbocycles. The van der Waals surface area contributed by atoms with E-state index in [1.807, 2.05) is 0 Å². The lowest BCUT2D eigenvalue weighted by Gasteiger charge is -2.31. The van der Waals surface area contributed by atoms with Gasteiger partial charge in [-0.15, -0.1) is 0 Å². The number of halogens is 2. The SMILES string of the molecule is O=C(c1ccccc1F)C1CCN(C(=O)c2ccc(F)cc2)CC1.[Mg]. The second kappa shape index (κ2) is 8.53. The Morgan fingerprint density at radius 3 is 2.12 bits per heavy atom. The fraction of sp³-hybridized carbons (Fsp3) is 0.263. The molecule has 0 spiro atoms. The van der Waals surface area contributed by atoms with Gasteiger partial charge in [-0.2, -0.15) is 0 Å². The van der Waals surface area contributed by atoms with Gasteiger partial charge in [-0.1, -0.05) is 12.1 Å². The van der Waals surface area contributed by atoms with Gasteiger partial charge in [0, 0.05) is 47.6 Å². The van der Waals surface area contributed by atoms with Gasteiger partial charge in [0.2, 0.25) is 0 Å². The number of piperidine rings is 1. The number of rotatable bonds is 3. The Labute approximate surface area is 161 Å². The molecule has 1 saturated heterocycles. The van der Waals surface area contributed by atoms with Crippen LogP contribution in [0.1, 0.15) is 33.6 Å². The molecule has 0 aliphatic carbocycles. The summed E-state index contributed by atoms with van der Waals surface area (Å²) in [5.41, 5.74) is 0.538. The van der Waals surface area contributed by atoms with Gasteiger partial charge >= 0.3 is 0 Å². The van der Waals surface area contributed by atoms with Crippen molar-refractivity contribution < 1.29 is 18.4 Å². The molecule has 0 unspecified atom stereocenters. The van der Waals surface area contributed by atoms with Crippen LogP contribution in [0.25, 0.3) is 0 Å². The predicted octanol–water partition coefficient (Wildman–Crippen LogP) is 3.32. The van der Waals surface area contributed by atoms with Crippen LogP contribution < -0.4 is 0 Å². The van der Waals surface area contributed by atoms with E-state index in [0.29, 0.717) is 31.5 Å². The zero-order valence-corrected chi connectivity index (χ0v) is 15.2. The highest BCUT2D eigenvalue weighted by atomic mass is 24.3. The number of Topliss-reactive ketones (excluding diaryl/α,β-unsaturated/α-hetero) is 1. The molecular formula is C19H17F2MgNO2. The third-order valence-corrected chi connectivity index (χ3v) is 4.38. The van der Waals surface area contributed by atoms with Gasteiger partial charge in [0.15, 0.2) is 5.78 Å². The van der Waals surface area contributed by atoms with Crippen LogP contribution >= 0.6 is 0 Å². The summed E-state index contributed by atoms with van der Waals surface area (Å²) in [6.07, 6.45) is 1.00. The molecule has 2 aromatic rings. The maximum atomic E-state index is 13.7. The van der Waals surface area contributed by atoms with Crippen LogP contribution in [-0.2, 0) is 0 Å². The first kappa shape index (κ1) is 19.5. The van der Waals surface area contributed by atoms with E-state index in [1.54, 1.807) is 17.0 Å². The van der Waals surface area contributed by atoms with Gasteiger partial charge in [-0.05, 0) is 49.2 Å². The lowest BCUT2D eigenvalue weighted by atomic mass is 9.88. The number of ketones is 1. The Kier molecular flexibility index (Phi) is 6.67. The summed E-state index contributed by atoms with van der Waals surface area (Å²) in [6, 6.07) is 11.4. The fourth-order valence-electron chi connectivity index (χ4n) is 3.00. The zero-order valence-electron chi connectivity index (χ0n) is 13.8. The molecule has 1 amide bonds. The van der Waals surface area contributed by atoms with Crippen molar-refractivity contribution in [3.05, 3.63) is 71.3 Å². The molecule has 3 nitrogen and oxygen atoms in total. The van der Waals surface area contributed by atoms with Crippen molar-refractivity contribution in [1.29, 1.82) is 0 Å². The van der Waals surface area contributed by atoms with Gasteiger partial charge < -0.3 is 4.90 Å². The van der Waals surface area contributed by atoms with Gasteiger partial charge in [-0.3, -0.25) is 9.59 Å². The van der Waals surface area contributed by atoms with Crippen molar-refractivity contribution >= 4 is 34.7 Å². The molecule has 1 aliphatic rings. The Morgan fingerprint density at radius 1 is 0.920 bits per heavy atom. The monoisotopic (exact) mass is 353 g/mol. The minimum Gasteiger partial charge on any atom is -0.339 e. The van der Waals surface area contributed by atoms with Crippen LogP contribution in [0.5, 0.6) is 0 Å². The highest BCUT2D eigenvalue weighted by molar-refractivity contribution is 5.98. The molecule has 0 bridgehead atoms. The maximum Gasteiger partial charge on any atom is 0.253 e. The van der Waals surface area contributed by atoms with E-state index in [0.717, 1.165) is 0 Å². The van der Waals surface area contributed by atoms with E-state index in [4.69, 9.17) is 0 Å². The molecule has 2 radical (unpaired) electrons. The van der Waals surface area contributed by atoms with Gasteiger partial charge in [0.1, 0.15) is 11.6 Å². The first-order chi connectivity index (χ1) is 11.6. The number of nitrogens with zero attached hydrogens (tertiary/aromatic N) is 1. The van der Waals surface area contributed by atoms with Crippen molar-refractivity contribution in [2.75, 3.05) is 13.1 Å². The minimum absolute atomic E-state index is 0. The molecule has 3 rings (SSSR count). The highest BCUT2D eigenvalue weighted by Gasteiger charge is 2.29. The average Bonchev–Trinajstić information content (AvgIpc) is 2.62. The molecule has 1 aliphatic heterocycles. The van der Waals surface area contributed by atoms with Crippen molar-refractivity contribution in [3.63, 3.8) is 0 Å². The van der Waals surface area contributed by atoms with Crippen LogP contribution in [0.2, 0.25) is 0 Å². The maximum absolute atomic E-state index is 13.7. The second-order valence-electron chi connectivity index (χ2n) is 5.92. The predicted molar refractivity (Wildman–Crippen MR) is 91.5 cm³/mol. The Morgan fingerprint density at radius 2 is 1.52 bits per heavy atom. The van der Waals surface area contributed by atoms with E-state index >= 15 is 0 Å². The topological polar surface area (TPSA) is 37.4 Å². The lowest BCUT2D eigenvalue weighted by molar-refractivity contribution is 0.0649. The van der Waals surface area contributed by atoms with Gasteiger partial charge in [-0.25, -0.2) is 8.78 Å². The zero-order chi connectivity index (χ0) is 17.1. The normalized spacial score (nSPS) is 14.7. The number of amides is 1. The summed E-state index contributed by atoms with van der Waals surface area (Å²) in [6.45, 7) is 0.863. The van der Waals surface area contributed by atoms with Crippen LogP contribution in [-0.4, -0.2) is 52.7 Å². The summed E-state index contributed by atoms with van der Waals surface area (Å²) in [7, 11) is 0. The summed E-state index contributed by atoms with van der Waals surface area (Å²) in [5.74, 6) is -1.55.